The van der Waals surface area contributed by atoms with Crippen molar-refractivity contribution < 1.29 is 4.79 Å². The van der Waals surface area contributed by atoms with E-state index in [1.165, 1.54) is 22.9 Å². The van der Waals surface area contributed by atoms with Crippen LogP contribution >= 0.6 is 11.8 Å². The van der Waals surface area contributed by atoms with Gasteiger partial charge in [0.15, 0.2) is 5.12 Å². The second-order valence-corrected chi connectivity index (χ2v) is 9.94. The summed E-state index contributed by atoms with van der Waals surface area (Å²) in [4.78, 5) is 12.2. The molecule has 0 aliphatic carbocycles. The first-order valence-corrected chi connectivity index (χ1v) is 13.5. The molecule has 4 rings (SSSR count). The molecule has 4 aromatic rings. The Morgan fingerprint density at radius 2 is 1.03 bits per heavy atom. The van der Waals surface area contributed by atoms with Gasteiger partial charge < -0.3 is 0 Å². The first kappa shape index (κ1) is 26.6. The van der Waals surface area contributed by atoms with Crippen molar-refractivity contribution in [3.63, 3.8) is 0 Å². The quantitative estimate of drug-likeness (QED) is 0.209. The van der Waals surface area contributed by atoms with Gasteiger partial charge in [-0.3, -0.25) is 4.79 Å². The van der Waals surface area contributed by atoms with E-state index in [1.807, 2.05) is 66.7 Å². The minimum absolute atomic E-state index is 0.0788. The molecule has 0 fully saturated rings. The molecule has 0 heterocycles. The molecule has 0 bridgehead atoms. The van der Waals surface area contributed by atoms with Crippen LogP contribution in [0.5, 0.6) is 0 Å². The fourth-order valence-corrected chi connectivity index (χ4v) is 4.49. The Balaban J connectivity index is 1.51. The van der Waals surface area contributed by atoms with Crippen LogP contribution < -0.4 is 0 Å². The van der Waals surface area contributed by atoms with E-state index in [0.717, 1.165) is 51.1 Å². The van der Waals surface area contributed by atoms with Crippen molar-refractivity contribution in [2.75, 3.05) is 0 Å². The maximum Gasteiger partial charge on any atom is 0.190 e. The number of carbonyl (C=O) groups is 1. The number of rotatable bonds is 3. The SMILES string of the molecule is CCc1cc(C#Cc2ccc(C#Cc3ccc(SC(C)=O)cc3)cc2CC)ccc1C#Cc1ccccc1. The zero-order valence-corrected chi connectivity index (χ0v) is 22.7. The third-order valence-corrected chi connectivity index (χ3v) is 6.69. The third-order valence-electron chi connectivity index (χ3n) is 5.90. The molecule has 0 saturated carbocycles. The zero-order chi connectivity index (χ0) is 26.7. The van der Waals surface area contributed by atoms with E-state index in [2.05, 4.69) is 73.6 Å². The van der Waals surface area contributed by atoms with E-state index < -0.39 is 0 Å². The standard InChI is InChI=1S/C36H28OS/c1-4-32-25-30(12-11-29-17-23-36(24-18-29)38-27(3)37)14-20-35(32)22-16-31-15-21-34(33(5-2)26-31)19-13-28-9-7-6-8-10-28/h6-10,14-15,17-18,20-21,23-26H,4-5H2,1-3H3. The molecule has 38 heavy (non-hydrogen) atoms. The molecule has 0 aliphatic heterocycles. The average molecular weight is 509 g/mol. The Hall–Kier alpha value is -4.42. The Morgan fingerprint density at radius 1 is 0.579 bits per heavy atom. The predicted molar refractivity (Wildman–Crippen MR) is 159 cm³/mol. The molecule has 2 heteroatoms. The molecule has 0 radical (unpaired) electrons. The van der Waals surface area contributed by atoms with E-state index in [1.54, 1.807) is 6.92 Å². The van der Waals surface area contributed by atoms with Crippen LogP contribution in [-0.2, 0) is 17.6 Å². The highest BCUT2D eigenvalue weighted by atomic mass is 32.2. The summed E-state index contributed by atoms with van der Waals surface area (Å²) in [6.07, 6.45) is 1.78. The highest BCUT2D eigenvalue weighted by Crippen LogP contribution is 2.19. The number of hydrogen-bond acceptors (Lipinski definition) is 2. The largest absolute Gasteiger partial charge is 0.287 e. The van der Waals surface area contributed by atoms with Gasteiger partial charge in [-0.2, -0.15) is 0 Å². The van der Waals surface area contributed by atoms with Gasteiger partial charge in [0.05, 0.1) is 0 Å². The fourth-order valence-electron chi connectivity index (χ4n) is 3.89. The minimum Gasteiger partial charge on any atom is -0.287 e. The predicted octanol–water partition coefficient (Wildman–Crippen LogP) is 7.65. The average Bonchev–Trinajstić information content (AvgIpc) is 2.95. The van der Waals surface area contributed by atoms with Gasteiger partial charge >= 0.3 is 0 Å². The van der Waals surface area contributed by atoms with Crippen LogP contribution in [0, 0.1) is 35.5 Å². The van der Waals surface area contributed by atoms with Gasteiger partial charge in [0.1, 0.15) is 0 Å². The second-order valence-electron chi connectivity index (χ2n) is 8.69. The zero-order valence-electron chi connectivity index (χ0n) is 21.9. The molecule has 0 unspecified atom stereocenters. The molecule has 0 atom stereocenters. The van der Waals surface area contributed by atoms with E-state index in [4.69, 9.17) is 0 Å². The van der Waals surface area contributed by atoms with Gasteiger partial charge in [0, 0.05) is 45.2 Å². The molecule has 184 valence electrons. The summed E-state index contributed by atoms with van der Waals surface area (Å²) in [5.41, 5.74) is 8.34. The molecule has 4 aromatic carbocycles. The van der Waals surface area contributed by atoms with Crippen molar-refractivity contribution in [1.82, 2.24) is 0 Å². The molecule has 0 saturated heterocycles. The lowest BCUT2D eigenvalue weighted by atomic mass is 10.00. The van der Waals surface area contributed by atoms with Crippen LogP contribution in [0.1, 0.15) is 65.3 Å². The van der Waals surface area contributed by atoms with E-state index in [0.29, 0.717) is 0 Å². The minimum atomic E-state index is 0.0788. The Bertz CT molecular complexity index is 1630. The molecule has 0 spiro atoms. The molecular weight excluding hydrogens is 480 g/mol. The van der Waals surface area contributed by atoms with Gasteiger partial charge in [-0.1, -0.05) is 79.3 Å². The van der Waals surface area contributed by atoms with Crippen LogP contribution in [0.15, 0.2) is 95.9 Å². The highest BCUT2D eigenvalue weighted by molar-refractivity contribution is 8.13. The van der Waals surface area contributed by atoms with Crippen molar-refractivity contribution in [2.24, 2.45) is 0 Å². The summed E-state index contributed by atoms with van der Waals surface area (Å²) >= 11 is 1.23. The Labute approximate surface area is 230 Å². The maximum atomic E-state index is 11.3. The van der Waals surface area contributed by atoms with Crippen LogP contribution in [0.25, 0.3) is 0 Å². The van der Waals surface area contributed by atoms with Crippen LogP contribution in [0.2, 0.25) is 0 Å². The number of aryl methyl sites for hydroxylation is 2. The molecule has 0 aliphatic rings. The number of hydrogen-bond donors (Lipinski definition) is 0. The fraction of sp³-hybridized carbons (Fsp3) is 0.139. The van der Waals surface area contributed by atoms with Crippen LogP contribution in [0.4, 0.5) is 0 Å². The smallest absolute Gasteiger partial charge is 0.190 e. The maximum absolute atomic E-state index is 11.3. The number of benzene rings is 4. The van der Waals surface area contributed by atoms with Crippen molar-refractivity contribution in [3.8, 4) is 35.5 Å². The van der Waals surface area contributed by atoms with E-state index in [9.17, 15) is 4.79 Å². The van der Waals surface area contributed by atoms with Gasteiger partial charge in [-0.05, 0) is 96.8 Å². The third kappa shape index (κ3) is 7.54. The lowest BCUT2D eigenvalue weighted by Crippen LogP contribution is -1.91. The van der Waals surface area contributed by atoms with Crippen molar-refractivity contribution in [1.29, 1.82) is 0 Å². The first-order chi connectivity index (χ1) is 18.5. The summed E-state index contributed by atoms with van der Waals surface area (Å²) in [6.45, 7) is 5.85. The van der Waals surface area contributed by atoms with Crippen LogP contribution in [-0.4, -0.2) is 5.12 Å². The topological polar surface area (TPSA) is 17.1 Å². The first-order valence-electron chi connectivity index (χ1n) is 12.7. The second kappa shape index (κ2) is 13.2. The van der Waals surface area contributed by atoms with E-state index in [-0.39, 0.29) is 5.12 Å². The Kier molecular flexibility index (Phi) is 9.27. The Morgan fingerprint density at radius 3 is 1.55 bits per heavy atom. The molecule has 0 aromatic heterocycles. The van der Waals surface area contributed by atoms with Gasteiger partial charge in [-0.25, -0.2) is 0 Å². The lowest BCUT2D eigenvalue weighted by Gasteiger charge is -2.04. The lowest BCUT2D eigenvalue weighted by molar-refractivity contribution is -0.109. The van der Waals surface area contributed by atoms with Gasteiger partial charge in [-0.15, -0.1) is 0 Å². The summed E-state index contributed by atoms with van der Waals surface area (Å²) < 4.78 is 0. The van der Waals surface area contributed by atoms with Gasteiger partial charge in [0.25, 0.3) is 0 Å². The molecule has 0 N–H and O–H groups in total. The normalized spacial score (nSPS) is 9.76. The summed E-state index contributed by atoms with van der Waals surface area (Å²) in [6, 6.07) is 30.3. The summed E-state index contributed by atoms with van der Waals surface area (Å²) in [5.74, 6) is 19.8. The van der Waals surface area contributed by atoms with E-state index >= 15 is 0 Å². The molecular formula is C36H28OS. The summed E-state index contributed by atoms with van der Waals surface area (Å²) in [5, 5.41) is 0.0788. The number of carbonyl (C=O) groups excluding carboxylic acids is 1. The monoisotopic (exact) mass is 508 g/mol. The highest BCUT2D eigenvalue weighted by Gasteiger charge is 2.02. The number of thioether (sulfide) groups is 1. The van der Waals surface area contributed by atoms with Crippen LogP contribution in [0.3, 0.4) is 0 Å². The van der Waals surface area contributed by atoms with Crippen molar-refractivity contribution in [2.45, 2.75) is 38.5 Å². The van der Waals surface area contributed by atoms with Gasteiger partial charge in [0.2, 0.25) is 0 Å². The van der Waals surface area contributed by atoms with Crippen molar-refractivity contribution in [3.05, 3.63) is 136 Å². The molecule has 1 nitrogen and oxygen atoms in total. The summed E-state index contributed by atoms with van der Waals surface area (Å²) in [7, 11) is 0. The van der Waals surface area contributed by atoms with Crippen molar-refractivity contribution >= 4 is 16.9 Å². The molecule has 0 amide bonds.